The Labute approximate surface area is 196 Å². The van der Waals surface area contributed by atoms with Crippen LogP contribution < -0.4 is 16.2 Å². The Morgan fingerprint density at radius 3 is 2.88 bits per heavy atom. The van der Waals surface area contributed by atoms with Crippen molar-refractivity contribution in [1.82, 2.24) is 14.4 Å². The molecule has 0 amide bonds. The molecule has 9 heteroatoms. The van der Waals surface area contributed by atoms with Gasteiger partial charge in [0.15, 0.2) is 0 Å². The molecule has 1 fully saturated rings. The maximum absolute atomic E-state index is 13.3. The summed E-state index contributed by atoms with van der Waals surface area (Å²) in [6, 6.07) is 3.83. The minimum absolute atomic E-state index is 0.00401. The number of hydrogen-bond donors (Lipinski definition) is 2. The largest absolute Gasteiger partial charge is 0.478 e. The molecule has 1 atom stereocenters. The molecule has 0 bridgehead atoms. The minimum atomic E-state index is -1.11. The lowest BCUT2D eigenvalue weighted by atomic mass is 10.1. The fourth-order valence-electron chi connectivity index (χ4n) is 4.04. The molecule has 3 aromatic heterocycles. The lowest BCUT2D eigenvalue weighted by Gasteiger charge is -2.32. The van der Waals surface area contributed by atoms with E-state index in [9.17, 15) is 9.59 Å². The van der Waals surface area contributed by atoms with Crippen molar-refractivity contribution >= 4 is 34.8 Å². The molecule has 4 rings (SSSR count). The molecule has 1 aliphatic heterocycles. The van der Waals surface area contributed by atoms with Crippen LogP contribution in [0, 0.1) is 0 Å². The molecule has 0 radical (unpaired) electrons. The number of anilines is 1. The Balaban J connectivity index is 1.68. The average Bonchev–Trinajstić information content (AvgIpc) is 3.26. The predicted molar refractivity (Wildman–Crippen MR) is 131 cm³/mol. The molecule has 1 saturated heterocycles. The van der Waals surface area contributed by atoms with E-state index < -0.39 is 5.97 Å². The van der Waals surface area contributed by atoms with Crippen LogP contribution in [-0.2, 0) is 17.6 Å². The van der Waals surface area contributed by atoms with Gasteiger partial charge in [-0.2, -0.15) is 0 Å². The fraction of sp³-hybridized carbons (Fsp3) is 0.417. The first-order valence-electron chi connectivity index (χ1n) is 11.2. The molecule has 8 nitrogen and oxygen atoms in total. The second kappa shape index (κ2) is 9.84. The Kier molecular flexibility index (Phi) is 6.90. The number of pyridine rings is 1. The van der Waals surface area contributed by atoms with Crippen LogP contribution in [0.2, 0.25) is 0 Å². The second-order valence-electron chi connectivity index (χ2n) is 8.76. The summed E-state index contributed by atoms with van der Waals surface area (Å²) < 4.78 is 1.47. The first-order valence-corrected chi connectivity index (χ1v) is 12.1. The van der Waals surface area contributed by atoms with Crippen molar-refractivity contribution in [2.45, 2.75) is 51.5 Å². The van der Waals surface area contributed by atoms with Crippen molar-refractivity contribution < 1.29 is 9.90 Å². The number of aliphatic carboxylic acids is 1. The monoisotopic (exact) mass is 467 g/mol. The standard InChI is InChI=1S/C24H29N5O3S/c1-15(2)19-14-33-21(26-19)7-5-16-9-11-29-20(12-16)27-23(28-10-3-4-17(25)13-28)18(24(29)32)6-8-22(30)31/h6,8-9,11-12,14-15,17H,3-5,7,10,13,25H2,1-2H3,(H,30,31). The van der Waals surface area contributed by atoms with E-state index in [0.29, 0.717) is 23.9 Å². The van der Waals surface area contributed by atoms with E-state index in [1.54, 1.807) is 17.5 Å². The van der Waals surface area contributed by atoms with Gasteiger partial charge in [-0.15, -0.1) is 11.3 Å². The summed E-state index contributed by atoms with van der Waals surface area (Å²) in [5, 5.41) is 12.3. The quantitative estimate of drug-likeness (QED) is 0.513. The number of piperidine rings is 1. The van der Waals surface area contributed by atoms with Crippen molar-refractivity contribution in [3.63, 3.8) is 0 Å². The third-order valence-corrected chi connectivity index (χ3v) is 6.77. The van der Waals surface area contributed by atoms with Crippen LogP contribution >= 0.6 is 11.3 Å². The van der Waals surface area contributed by atoms with Gasteiger partial charge in [-0.3, -0.25) is 9.20 Å². The molecule has 4 heterocycles. The Bertz CT molecular complexity index is 1250. The number of hydrogen-bond acceptors (Lipinski definition) is 7. The maximum atomic E-state index is 13.3. The molecular formula is C24H29N5O3S. The molecule has 0 aliphatic carbocycles. The van der Waals surface area contributed by atoms with Gasteiger partial charge in [0.1, 0.15) is 11.5 Å². The molecule has 0 aromatic carbocycles. The number of rotatable bonds is 7. The van der Waals surface area contributed by atoms with Crippen molar-refractivity contribution in [2.24, 2.45) is 5.73 Å². The summed E-state index contributed by atoms with van der Waals surface area (Å²) in [6.07, 6.45) is 7.46. The van der Waals surface area contributed by atoms with Crippen LogP contribution in [0.3, 0.4) is 0 Å². The zero-order valence-electron chi connectivity index (χ0n) is 18.9. The van der Waals surface area contributed by atoms with Crippen molar-refractivity contribution in [3.05, 3.63) is 62.0 Å². The average molecular weight is 468 g/mol. The highest BCUT2D eigenvalue weighted by Crippen LogP contribution is 2.23. The van der Waals surface area contributed by atoms with Gasteiger partial charge in [-0.05, 0) is 49.0 Å². The highest BCUT2D eigenvalue weighted by molar-refractivity contribution is 7.09. The molecule has 0 saturated carbocycles. The highest BCUT2D eigenvalue weighted by atomic mass is 32.1. The summed E-state index contributed by atoms with van der Waals surface area (Å²) in [5.74, 6) is -0.206. The number of thiazole rings is 1. The fourth-order valence-corrected chi connectivity index (χ4v) is 5.00. The van der Waals surface area contributed by atoms with Gasteiger partial charge in [0.25, 0.3) is 5.56 Å². The Morgan fingerprint density at radius 2 is 2.18 bits per heavy atom. The van der Waals surface area contributed by atoms with Gasteiger partial charge < -0.3 is 15.7 Å². The lowest BCUT2D eigenvalue weighted by Crippen LogP contribution is -2.44. The SMILES string of the molecule is CC(C)c1csc(CCc2ccn3c(=O)c(C=CC(=O)O)c(N4CCCC(N)C4)nc3c2)n1. The van der Waals surface area contributed by atoms with Gasteiger partial charge in [0.2, 0.25) is 0 Å². The molecule has 3 N–H and O–H groups in total. The number of nitrogens with two attached hydrogens (primary N) is 1. The number of carbonyl (C=O) groups is 1. The zero-order chi connectivity index (χ0) is 23.5. The van der Waals surface area contributed by atoms with Crippen molar-refractivity contribution in [3.8, 4) is 0 Å². The van der Waals surface area contributed by atoms with Gasteiger partial charge in [-0.1, -0.05) is 13.8 Å². The Morgan fingerprint density at radius 1 is 1.36 bits per heavy atom. The molecule has 33 heavy (non-hydrogen) atoms. The van der Waals surface area contributed by atoms with Crippen LogP contribution in [0.15, 0.2) is 34.6 Å². The molecule has 1 aliphatic rings. The second-order valence-corrected chi connectivity index (χ2v) is 9.70. The van der Waals surface area contributed by atoms with E-state index >= 15 is 0 Å². The van der Waals surface area contributed by atoms with Crippen LogP contribution in [-0.4, -0.2) is 44.6 Å². The first kappa shape index (κ1) is 23.1. The molecule has 174 valence electrons. The van der Waals surface area contributed by atoms with E-state index in [4.69, 9.17) is 20.8 Å². The first-order chi connectivity index (χ1) is 15.8. The van der Waals surface area contributed by atoms with E-state index in [1.165, 1.54) is 10.5 Å². The van der Waals surface area contributed by atoms with Gasteiger partial charge in [0.05, 0.1) is 16.3 Å². The van der Waals surface area contributed by atoms with Crippen molar-refractivity contribution in [2.75, 3.05) is 18.0 Å². The summed E-state index contributed by atoms with van der Waals surface area (Å²) in [7, 11) is 0. The van der Waals surface area contributed by atoms with E-state index in [-0.39, 0.29) is 17.2 Å². The Hall–Kier alpha value is -3.04. The number of nitrogens with zero attached hydrogens (tertiary/aromatic N) is 4. The number of carboxylic acids is 1. The van der Waals surface area contributed by atoms with Crippen LogP contribution in [0.5, 0.6) is 0 Å². The third kappa shape index (κ3) is 5.31. The van der Waals surface area contributed by atoms with Gasteiger partial charge in [0, 0.05) is 43.2 Å². The normalized spacial score (nSPS) is 16.8. The smallest absolute Gasteiger partial charge is 0.328 e. The zero-order valence-corrected chi connectivity index (χ0v) is 19.7. The molecule has 3 aromatic rings. The summed E-state index contributed by atoms with van der Waals surface area (Å²) >= 11 is 1.68. The topological polar surface area (TPSA) is 114 Å². The van der Waals surface area contributed by atoms with Gasteiger partial charge >= 0.3 is 5.97 Å². The summed E-state index contributed by atoms with van der Waals surface area (Å²) in [6.45, 7) is 5.58. The van der Waals surface area contributed by atoms with Crippen LogP contribution in [0.1, 0.15) is 54.4 Å². The van der Waals surface area contributed by atoms with Crippen LogP contribution in [0.4, 0.5) is 5.82 Å². The van der Waals surface area contributed by atoms with E-state index in [2.05, 4.69) is 19.2 Å². The molecule has 0 spiro atoms. The number of carboxylic acid groups (broad SMARTS) is 1. The maximum Gasteiger partial charge on any atom is 0.328 e. The van der Waals surface area contributed by atoms with Crippen molar-refractivity contribution in [1.29, 1.82) is 0 Å². The van der Waals surface area contributed by atoms with E-state index in [1.807, 2.05) is 17.0 Å². The predicted octanol–water partition coefficient (Wildman–Crippen LogP) is 3.08. The third-order valence-electron chi connectivity index (χ3n) is 5.85. The van der Waals surface area contributed by atoms with Gasteiger partial charge in [-0.25, -0.2) is 14.8 Å². The lowest BCUT2D eigenvalue weighted by molar-refractivity contribution is -0.131. The minimum Gasteiger partial charge on any atom is -0.478 e. The number of aromatic nitrogens is 3. The number of fused-ring (bicyclic) bond motifs is 1. The highest BCUT2D eigenvalue weighted by Gasteiger charge is 2.22. The molecule has 1 unspecified atom stereocenters. The number of aryl methyl sites for hydroxylation is 2. The summed E-state index contributed by atoms with van der Waals surface area (Å²) in [4.78, 5) is 35.8. The van der Waals surface area contributed by atoms with Crippen LogP contribution in [0.25, 0.3) is 11.7 Å². The van der Waals surface area contributed by atoms with E-state index in [0.717, 1.165) is 54.6 Å². The molecular weight excluding hydrogens is 438 g/mol. The summed E-state index contributed by atoms with van der Waals surface area (Å²) in [5.41, 5.74) is 8.86.